The second kappa shape index (κ2) is 17.8. The van der Waals surface area contributed by atoms with Crippen molar-refractivity contribution < 1.29 is 17.6 Å². The van der Waals surface area contributed by atoms with Crippen molar-refractivity contribution in [1.82, 2.24) is 0 Å². The Balaban J connectivity index is 0.000000127. The van der Waals surface area contributed by atoms with Crippen molar-refractivity contribution in [3.63, 3.8) is 0 Å². The fraction of sp³-hybridized carbons (Fsp3) is 0. The van der Waals surface area contributed by atoms with Gasteiger partial charge in [-0.1, -0.05) is 169 Å². The molecule has 12 rings (SSSR count). The number of benzene rings is 12. The van der Waals surface area contributed by atoms with Crippen LogP contribution in [0.5, 0.6) is 0 Å². The summed E-state index contributed by atoms with van der Waals surface area (Å²) in [4.78, 5) is 1.67. The van der Waals surface area contributed by atoms with Crippen LogP contribution in [-0.4, -0.2) is 0 Å². The maximum absolute atomic E-state index is 15.0. The molecular formula is C56H33Br3F4N2. The van der Waals surface area contributed by atoms with Crippen LogP contribution < -0.4 is 10.2 Å². The van der Waals surface area contributed by atoms with E-state index in [1.54, 1.807) is 77.7 Å². The van der Waals surface area contributed by atoms with E-state index in [2.05, 4.69) is 126 Å². The highest BCUT2D eigenvalue weighted by Crippen LogP contribution is 2.46. The van der Waals surface area contributed by atoms with Crippen LogP contribution in [0, 0.1) is 23.3 Å². The van der Waals surface area contributed by atoms with Gasteiger partial charge >= 0.3 is 0 Å². The lowest BCUT2D eigenvalue weighted by Gasteiger charge is -2.28. The van der Waals surface area contributed by atoms with Crippen molar-refractivity contribution in [1.29, 1.82) is 0 Å². The zero-order chi connectivity index (χ0) is 44.8. The molecule has 0 amide bonds. The summed E-state index contributed by atoms with van der Waals surface area (Å²) >= 11 is 11.0. The molecule has 2 nitrogen and oxygen atoms in total. The van der Waals surface area contributed by atoms with Crippen LogP contribution in [0.4, 0.5) is 46.0 Å². The molecule has 0 heterocycles. The Labute approximate surface area is 396 Å². The van der Waals surface area contributed by atoms with Gasteiger partial charge in [0.2, 0.25) is 0 Å². The second-order valence-corrected chi connectivity index (χ2v) is 18.0. The molecule has 0 bridgehead atoms. The molecule has 0 saturated carbocycles. The van der Waals surface area contributed by atoms with Crippen molar-refractivity contribution in [3.8, 4) is 0 Å². The van der Waals surface area contributed by atoms with Gasteiger partial charge in [-0.05, 0) is 132 Å². The normalized spacial score (nSPS) is 11.3. The number of halogens is 7. The molecule has 0 aliphatic heterocycles. The maximum atomic E-state index is 15.0. The molecule has 9 heteroatoms. The van der Waals surface area contributed by atoms with Crippen LogP contribution in [0.25, 0.3) is 64.6 Å². The first-order valence-corrected chi connectivity index (χ1v) is 23.0. The predicted molar refractivity (Wildman–Crippen MR) is 274 cm³/mol. The van der Waals surface area contributed by atoms with Crippen LogP contribution in [0.15, 0.2) is 208 Å². The van der Waals surface area contributed by atoms with Crippen LogP contribution in [0.2, 0.25) is 0 Å². The molecule has 12 aromatic rings. The molecule has 0 aliphatic rings. The van der Waals surface area contributed by atoms with E-state index in [1.165, 1.54) is 56.6 Å². The fourth-order valence-electron chi connectivity index (χ4n) is 8.60. The van der Waals surface area contributed by atoms with Crippen molar-refractivity contribution in [2.75, 3.05) is 10.2 Å². The molecular weight excluding hydrogens is 1020 g/mol. The van der Waals surface area contributed by atoms with E-state index in [0.717, 1.165) is 51.4 Å². The van der Waals surface area contributed by atoms with Gasteiger partial charge in [0.15, 0.2) is 0 Å². The van der Waals surface area contributed by atoms with E-state index < -0.39 is 23.3 Å². The van der Waals surface area contributed by atoms with Crippen LogP contribution in [-0.2, 0) is 0 Å². The number of hydrogen-bond acceptors (Lipinski definition) is 2. The average Bonchev–Trinajstić information content (AvgIpc) is 3.32. The Morgan fingerprint density at radius 1 is 0.292 bits per heavy atom. The van der Waals surface area contributed by atoms with Crippen molar-refractivity contribution in [3.05, 3.63) is 231 Å². The number of nitrogens with zero attached hydrogens (tertiary/aromatic N) is 1. The number of para-hydroxylation sites is 4. The summed E-state index contributed by atoms with van der Waals surface area (Å²) in [6.45, 7) is 0. The minimum absolute atomic E-state index is 0.266. The number of rotatable bonds is 5. The lowest BCUT2D eigenvalue weighted by atomic mass is 9.93. The third-order valence-electron chi connectivity index (χ3n) is 11.6. The minimum atomic E-state index is -0.413. The van der Waals surface area contributed by atoms with Gasteiger partial charge < -0.3 is 10.2 Å². The quantitative estimate of drug-likeness (QED) is 0.136. The van der Waals surface area contributed by atoms with Gasteiger partial charge in [-0.25, -0.2) is 17.6 Å². The zero-order valence-electron chi connectivity index (χ0n) is 34.1. The van der Waals surface area contributed by atoms with Gasteiger partial charge in [-0.15, -0.1) is 0 Å². The lowest BCUT2D eigenvalue weighted by Crippen LogP contribution is -2.13. The van der Waals surface area contributed by atoms with E-state index >= 15 is 8.78 Å². The molecule has 65 heavy (non-hydrogen) atoms. The molecule has 0 unspecified atom stereocenters. The van der Waals surface area contributed by atoms with E-state index in [9.17, 15) is 8.78 Å². The Morgan fingerprint density at radius 3 is 0.985 bits per heavy atom. The van der Waals surface area contributed by atoms with Crippen molar-refractivity contribution in [2.45, 2.75) is 0 Å². The third-order valence-corrected chi connectivity index (χ3v) is 13.7. The van der Waals surface area contributed by atoms with Gasteiger partial charge in [0, 0.05) is 18.8 Å². The standard InChI is InChI=1S/C28H16BrF2N.C16H8Br2.C12H9F2N/c29-21-15-11-17-10-14-20-24(16-12-18-9-13-19(21)27(17)28(18)20)32(25-7-3-1-5-22(25)30)26-8-4-2-6-23(26)31;17-13-8-4-10-2-6-12-14(18)7-3-9-1-5-11(13)16(10)15(9)12;13-9-5-1-3-7-11(9)15-12-8-4-2-6-10(12)14/h1-16H;1-8H;1-8,15H. The van der Waals surface area contributed by atoms with Gasteiger partial charge in [0.25, 0.3) is 0 Å². The van der Waals surface area contributed by atoms with Gasteiger partial charge in [0.1, 0.15) is 23.3 Å². The molecule has 0 aliphatic carbocycles. The summed E-state index contributed by atoms with van der Waals surface area (Å²) in [5, 5.41) is 17.0. The SMILES string of the molecule is Brc1ccc2ccc3c(Br)ccc4ccc1c2c43.Fc1ccccc1N(c1ccccc1F)c1ccc2ccc3c(Br)ccc4ccc1c2c43.Fc1ccccc1Nc1ccccc1F. The molecule has 0 atom stereocenters. The van der Waals surface area contributed by atoms with Crippen LogP contribution >= 0.6 is 47.8 Å². The summed E-state index contributed by atoms with van der Waals surface area (Å²) in [6.07, 6.45) is 0. The molecule has 0 radical (unpaired) electrons. The number of anilines is 5. The highest BCUT2D eigenvalue weighted by molar-refractivity contribution is 9.11. The topological polar surface area (TPSA) is 15.3 Å². The van der Waals surface area contributed by atoms with Crippen molar-refractivity contribution in [2.24, 2.45) is 0 Å². The Hall–Kier alpha value is -6.52. The number of hydrogen-bond donors (Lipinski definition) is 1. The first-order valence-electron chi connectivity index (χ1n) is 20.6. The summed E-state index contributed by atoms with van der Waals surface area (Å²) in [5.74, 6) is -1.63. The summed E-state index contributed by atoms with van der Waals surface area (Å²) in [5.41, 5.74) is 1.86. The molecule has 0 saturated heterocycles. The molecule has 0 aromatic heterocycles. The summed E-state index contributed by atoms with van der Waals surface area (Å²) in [6, 6.07) is 59.0. The average molecular weight is 1050 g/mol. The highest BCUT2D eigenvalue weighted by Gasteiger charge is 2.23. The van der Waals surface area contributed by atoms with Crippen LogP contribution in [0.1, 0.15) is 0 Å². The molecule has 12 aromatic carbocycles. The summed E-state index contributed by atoms with van der Waals surface area (Å²) in [7, 11) is 0. The molecule has 0 fully saturated rings. The van der Waals surface area contributed by atoms with E-state index in [0.29, 0.717) is 11.4 Å². The monoisotopic (exact) mass is 1050 g/mol. The van der Waals surface area contributed by atoms with Gasteiger partial charge in [-0.3, -0.25) is 0 Å². The molecule has 1 N–H and O–H groups in total. The lowest BCUT2D eigenvalue weighted by molar-refractivity contribution is 0.619. The Morgan fingerprint density at radius 2 is 0.600 bits per heavy atom. The van der Waals surface area contributed by atoms with Gasteiger partial charge in [-0.2, -0.15) is 0 Å². The minimum Gasteiger partial charge on any atom is -0.351 e. The highest BCUT2D eigenvalue weighted by atomic mass is 79.9. The van der Waals surface area contributed by atoms with Gasteiger partial charge in [0.05, 0.1) is 28.4 Å². The molecule has 316 valence electrons. The van der Waals surface area contributed by atoms with Crippen molar-refractivity contribution >= 4 is 141 Å². The Bertz CT molecular complexity index is 3540. The summed E-state index contributed by atoms with van der Waals surface area (Å²) < 4.78 is 59.8. The smallest absolute Gasteiger partial charge is 0.147 e. The van der Waals surface area contributed by atoms with E-state index in [4.69, 9.17) is 0 Å². The fourth-order valence-corrected chi connectivity index (χ4v) is 9.99. The molecule has 0 spiro atoms. The maximum Gasteiger partial charge on any atom is 0.147 e. The first kappa shape index (κ1) is 42.4. The second-order valence-electron chi connectivity index (χ2n) is 15.4. The van der Waals surface area contributed by atoms with E-state index in [1.807, 2.05) is 24.3 Å². The third kappa shape index (κ3) is 7.92. The largest absolute Gasteiger partial charge is 0.351 e. The van der Waals surface area contributed by atoms with Crippen LogP contribution in [0.3, 0.4) is 0 Å². The number of nitrogens with one attached hydrogen (secondary N) is 1. The van der Waals surface area contributed by atoms with E-state index in [-0.39, 0.29) is 11.4 Å². The Kier molecular flexibility index (Phi) is 11.6. The predicted octanol–water partition coefficient (Wildman–Crippen LogP) is 18.9. The first-order chi connectivity index (χ1) is 31.7. The zero-order valence-corrected chi connectivity index (χ0v) is 38.8.